The van der Waals surface area contributed by atoms with Crippen molar-refractivity contribution in [2.45, 2.75) is 38.7 Å². The molecule has 0 unspecified atom stereocenters. The van der Waals surface area contributed by atoms with Crippen molar-refractivity contribution in [3.05, 3.63) is 47.0 Å². The fraction of sp³-hybridized carbons (Fsp3) is 0.444. The Kier molecular flexibility index (Phi) is 5.25. The number of hydrogen-bond donors (Lipinski definition) is 0. The van der Waals surface area contributed by atoms with Gasteiger partial charge in [0.15, 0.2) is 0 Å². The predicted molar refractivity (Wildman–Crippen MR) is 86.5 cm³/mol. The number of ether oxygens (including phenoxy) is 2. The fourth-order valence-electron chi connectivity index (χ4n) is 3.01. The van der Waals surface area contributed by atoms with E-state index in [1.807, 2.05) is 4.68 Å². The number of halogens is 1. The highest BCUT2D eigenvalue weighted by atomic mass is 19.1. The standard InChI is InChI=1S/C18H21FN2O3/c1-23-11-3-6-18(22)24-12-16-15-4-2-5-17(15)21(20-16)14-9-7-13(19)8-10-14/h7-10H,2-6,11-12H2,1H3. The van der Waals surface area contributed by atoms with E-state index in [0.717, 1.165) is 41.9 Å². The van der Waals surface area contributed by atoms with E-state index in [-0.39, 0.29) is 18.4 Å². The van der Waals surface area contributed by atoms with Gasteiger partial charge < -0.3 is 9.47 Å². The first-order valence-electron chi connectivity index (χ1n) is 8.19. The summed E-state index contributed by atoms with van der Waals surface area (Å²) in [4.78, 5) is 11.8. The first-order chi connectivity index (χ1) is 11.7. The van der Waals surface area contributed by atoms with Crippen LogP contribution in [0, 0.1) is 5.82 Å². The Labute approximate surface area is 140 Å². The van der Waals surface area contributed by atoms with Crippen molar-refractivity contribution in [2.75, 3.05) is 13.7 Å². The maximum absolute atomic E-state index is 13.1. The minimum Gasteiger partial charge on any atom is -0.459 e. The van der Waals surface area contributed by atoms with E-state index in [4.69, 9.17) is 9.47 Å². The fourth-order valence-corrected chi connectivity index (χ4v) is 3.01. The molecule has 0 aliphatic heterocycles. The normalized spacial score (nSPS) is 13.1. The highest BCUT2D eigenvalue weighted by Crippen LogP contribution is 2.28. The van der Waals surface area contributed by atoms with Crippen LogP contribution in [-0.2, 0) is 33.7 Å². The number of benzene rings is 1. The first kappa shape index (κ1) is 16.6. The third kappa shape index (κ3) is 3.64. The van der Waals surface area contributed by atoms with Crippen molar-refractivity contribution in [1.82, 2.24) is 9.78 Å². The van der Waals surface area contributed by atoms with Crippen molar-refractivity contribution in [3.8, 4) is 5.69 Å². The average molecular weight is 332 g/mol. The van der Waals surface area contributed by atoms with Gasteiger partial charge in [-0.05, 0) is 49.9 Å². The van der Waals surface area contributed by atoms with Gasteiger partial charge in [0.1, 0.15) is 18.1 Å². The molecule has 5 nitrogen and oxygen atoms in total. The molecule has 24 heavy (non-hydrogen) atoms. The molecule has 0 saturated carbocycles. The highest BCUT2D eigenvalue weighted by Gasteiger charge is 2.23. The van der Waals surface area contributed by atoms with Crippen LogP contribution in [0.25, 0.3) is 5.69 Å². The molecule has 0 bridgehead atoms. The second kappa shape index (κ2) is 7.57. The summed E-state index contributed by atoms with van der Waals surface area (Å²) in [7, 11) is 1.61. The van der Waals surface area contributed by atoms with Crippen LogP contribution in [0.3, 0.4) is 0 Å². The number of rotatable bonds is 7. The zero-order valence-electron chi connectivity index (χ0n) is 13.8. The highest BCUT2D eigenvalue weighted by molar-refractivity contribution is 5.69. The van der Waals surface area contributed by atoms with Crippen LogP contribution in [0.2, 0.25) is 0 Å². The summed E-state index contributed by atoms with van der Waals surface area (Å²) in [6.07, 6.45) is 3.92. The number of carbonyl (C=O) groups excluding carboxylic acids is 1. The first-order valence-corrected chi connectivity index (χ1v) is 8.19. The summed E-state index contributed by atoms with van der Waals surface area (Å²) in [5, 5.41) is 4.59. The maximum Gasteiger partial charge on any atom is 0.306 e. The molecule has 2 aromatic rings. The molecule has 3 rings (SSSR count). The van der Waals surface area contributed by atoms with Crippen LogP contribution < -0.4 is 0 Å². The largest absolute Gasteiger partial charge is 0.459 e. The summed E-state index contributed by atoms with van der Waals surface area (Å²) in [6, 6.07) is 6.27. The van der Waals surface area contributed by atoms with Crippen LogP contribution in [0.4, 0.5) is 4.39 Å². The molecule has 0 fully saturated rings. The van der Waals surface area contributed by atoms with E-state index in [9.17, 15) is 9.18 Å². The SMILES string of the molecule is COCCCC(=O)OCc1nn(-c2ccc(F)cc2)c2c1CCC2. The molecule has 6 heteroatoms. The number of hydrogen-bond acceptors (Lipinski definition) is 4. The molecule has 0 spiro atoms. The van der Waals surface area contributed by atoms with Crippen LogP contribution >= 0.6 is 0 Å². The van der Waals surface area contributed by atoms with Crippen LogP contribution in [0.15, 0.2) is 24.3 Å². The minimum absolute atomic E-state index is 0.183. The molecule has 1 aliphatic carbocycles. The van der Waals surface area contributed by atoms with E-state index in [2.05, 4.69) is 5.10 Å². The van der Waals surface area contributed by atoms with Crippen molar-refractivity contribution < 1.29 is 18.7 Å². The zero-order valence-corrected chi connectivity index (χ0v) is 13.8. The molecule has 0 radical (unpaired) electrons. The minimum atomic E-state index is -0.271. The summed E-state index contributed by atoms with van der Waals surface area (Å²) >= 11 is 0. The lowest BCUT2D eigenvalue weighted by Gasteiger charge is -2.05. The molecule has 0 saturated heterocycles. The second-order valence-corrected chi connectivity index (χ2v) is 5.87. The van der Waals surface area contributed by atoms with Gasteiger partial charge in [0.05, 0.1) is 5.69 Å². The Morgan fingerprint density at radius 3 is 2.83 bits per heavy atom. The van der Waals surface area contributed by atoms with Crippen molar-refractivity contribution in [2.24, 2.45) is 0 Å². The van der Waals surface area contributed by atoms with Crippen LogP contribution in [0.1, 0.15) is 36.2 Å². The van der Waals surface area contributed by atoms with E-state index in [1.54, 1.807) is 19.2 Å². The van der Waals surface area contributed by atoms with E-state index in [1.165, 1.54) is 12.1 Å². The smallest absolute Gasteiger partial charge is 0.306 e. The number of methoxy groups -OCH3 is 1. The lowest BCUT2D eigenvalue weighted by molar-refractivity contribution is -0.145. The average Bonchev–Trinajstić information content (AvgIpc) is 3.17. The second-order valence-electron chi connectivity index (χ2n) is 5.87. The number of carbonyl (C=O) groups is 1. The molecule has 1 heterocycles. The molecule has 0 atom stereocenters. The van der Waals surface area contributed by atoms with Crippen molar-refractivity contribution in [1.29, 1.82) is 0 Å². The molecule has 1 aliphatic rings. The Bertz CT molecular complexity index is 710. The van der Waals surface area contributed by atoms with Gasteiger partial charge >= 0.3 is 5.97 Å². The lowest BCUT2D eigenvalue weighted by atomic mass is 10.2. The molecular formula is C18H21FN2O3. The van der Waals surface area contributed by atoms with Gasteiger partial charge in [-0.2, -0.15) is 5.10 Å². The summed E-state index contributed by atoms with van der Waals surface area (Å²) in [5.74, 6) is -0.511. The molecule has 128 valence electrons. The number of aromatic nitrogens is 2. The zero-order chi connectivity index (χ0) is 16.9. The predicted octanol–water partition coefficient (Wildman–Crippen LogP) is 2.97. The topological polar surface area (TPSA) is 53.4 Å². The molecule has 1 aromatic carbocycles. The number of nitrogens with zero attached hydrogens (tertiary/aromatic N) is 2. The van der Waals surface area contributed by atoms with Gasteiger partial charge in [-0.15, -0.1) is 0 Å². The van der Waals surface area contributed by atoms with Crippen molar-refractivity contribution >= 4 is 5.97 Å². The third-order valence-electron chi connectivity index (χ3n) is 4.18. The van der Waals surface area contributed by atoms with Crippen LogP contribution in [-0.4, -0.2) is 29.5 Å². The lowest BCUT2D eigenvalue weighted by Crippen LogP contribution is -2.07. The number of esters is 1. The van der Waals surface area contributed by atoms with Gasteiger partial charge in [-0.3, -0.25) is 4.79 Å². The van der Waals surface area contributed by atoms with Gasteiger partial charge in [0, 0.05) is 31.4 Å². The van der Waals surface area contributed by atoms with Crippen molar-refractivity contribution in [3.63, 3.8) is 0 Å². The van der Waals surface area contributed by atoms with E-state index in [0.29, 0.717) is 19.4 Å². The van der Waals surface area contributed by atoms with E-state index < -0.39 is 0 Å². The molecular weight excluding hydrogens is 311 g/mol. The van der Waals surface area contributed by atoms with Gasteiger partial charge in [0.2, 0.25) is 0 Å². The molecule has 0 amide bonds. The Hall–Kier alpha value is -2.21. The quantitative estimate of drug-likeness (QED) is 0.578. The van der Waals surface area contributed by atoms with Gasteiger partial charge in [-0.1, -0.05) is 0 Å². The summed E-state index contributed by atoms with van der Waals surface area (Å²) in [5.41, 5.74) is 3.91. The monoisotopic (exact) mass is 332 g/mol. The Morgan fingerprint density at radius 1 is 1.29 bits per heavy atom. The molecule has 0 N–H and O–H groups in total. The van der Waals surface area contributed by atoms with E-state index >= 15 is 0 Å². The van der Waals surface area contributed by atoms with Gasteiger partial charge in [-0.25, -0.2) is 9.07 Å². The number of fused-ring (bicyclic) bond motifs is 1. The Balaban J connectivity index is 1.72. The maximum atomic E-state index is 13.1. The van der Waals surface area contributed by atoms with Gasteiger partial charge in [0.25, 0.3) is 0 Å². The molecule has 1 aromatic heterocycles. The van der Waals surface area contributed by atoms with Crippen LogP contribution in [0.5, 0.6) is 0 Å². The summed E-state index contributed by atoms with van der Waals surface area (Å²) < 4.78 is 25.2. The Morgan fingerprint density at radius 2 is 2.08 bits per heavy atom. The third-order valence-corrected chi connectivity index (χ3v) is 4.18. The summed E-state index contributed by atoms with van der Waals surface area (Å²) in [6.45, 7) is 0.728.